The van der Waals surface area contributed by atoms with Gasteiger partial charge in [0.05, 0.1) is 0 Å². The van der Waals surface area contributed by atoms with Crippen LogP contribution in [-0.4, -0.2) is 17.5 Å². The lowest BCUT2D eigenvalue weighted by Crippen LogP contribution is -2.24. The lowest BCUT2D eigenvalue weighted by atomic mass is 10.1. The van der Waals surface area contributed by atoms with E-state index in [1.807, 2.05) is 12.1 Å². The molecule has 0 amide bonds. The third kappa shape index (κ3) is 3.05. The van der Waals surface area contributed by atoms with E-state index in [9.17, 15) is 0 Å². The fourth-order valence-electron chi connectivity index (χ4n) is 1.85. The number of anilines is 1. The van der Waals surface area contributed by atoms with Gasteiger partial charge < -0.3 is 5.32 Å². The molecule has 0 atom stereocenters. The Bertz CT molecular complexity index is 334. The molecule has 1 N–H and O–H groups in total. The van der Waals surface area contributed by atoms with Gasteiger partial charge in [0.25, 0.3) is 0 Å². The van der Waals surface area contributed by atoms with Crippen molar-refractivity contribution < 1.29 is 0 Å². The fraction of sp³-hybridized carbons (Fsp3) is 0.500. The largest absolute Gasteiger partial charge is 0.382 e. The van der Waals surface area contributed by atoms with E-state index in [2.05, 4.69) is 30.1 Å². The summed E-state index contributed by atoms with van der Waals surface area (Å²) in [4.78, 5) is 0. The van der Waals surface area contributed by atoms with Crippen LogP contribution in [0.4, 0.5) is 5.69 Å². The first-order valence-corrected chi connectivity index (χ1v) is 6.89. The molecule has 1 saturated heterocycles. The molecule has 1 heterocycles. The maximum Gasteiger partial charge on any atom is 0.0410 e. The van der Waals surface area contributed by atoms with Gasteiger partial charge in [0.2, 0.25) is 0 Å². The molecule has 0 radical (unpaired) electrons. The van der Waals surface area contributed by atoms with E-state index in [1.165, 1.54) is 35.6 Å². The third-order valence-electron chi connectivity index (χ3n) is 2.77. The predicted molar refractivity (Wildman–Crippen MR) is 70.2 cm³/mol. The van der Waals surface area contributed by atoms with E-state index in [-0.39, 0.29) is 0 Å². The highest BCUT2D eigenvalue weighted by Crippen LogP contribution is 2.24. The van der Waals surface area contributed by atoms with Crippen LogP contribution in [0, 0.1) is 6.92 Å². The van der Waals surface area contributed by atoms with Crippen molar-refractivity contribution in [1.29, 1.82) is 0 Å². The summed E-state index contributed by atoms with van der Waals surface area (Å²) in [7, 11) is 0. The minimum atomic E-state index is 0.645. The van der Waals surface area contributed by atoms with Crippen LogP contribution in [0.25, 0.3) is 0 Å². The second-order valence-electron chi connectivity index (χ2n) is 3.99. The lowest BCUT2D eigenvalue weighted by Gasteiger charge is -2.24. The van der Waals surface area contributed by atoms with Crippen molar-refractivity contribution in [3.05, 3.63) is 28.8 Å². The molecule has 1 aliphatic heterocycles. The summed E-state index contributed by atoms with van der Waals surface area (Å²) in [5, 5.41) is 4.42. The highest BCUT2D eigenvalue weighted by molar-refractivity contribution is 7.99. The zero-order valence-corrected chi connectivity index (χ0v) is 10.5. The summed E-state index contributed by atoms with van der Waals surface area (Å²) < 4.78 is 0. The maximum absolute atomic E-state index is 5.93. The topological polar surface area (TPSA) is 12.0 Å². The van der Waals surface area contributed by atoms with E-state index < -0.39 is 0 Å². The predicted octanol–water partition coefficient (Wildman–Crippen LogP) is 3.96. The van der Waals surface area contributed by atoms with Crippen molar-refractivity contribution in [3.8, 4) is 0 Å². The summed E-state index contributed by atoms with van der Waals surface area (Å²) in [6.07, 6.45) is 2.54. The van der Waals surface area contributed by atoms with Crippen molar-refractivity contribution in [1.82, 2.24) is 0 Å². The average Bonchev–Trinajstić information content (AvgIpc) is 2.24. The summed E-state index contributed by atoms with van der Waals surface area (Å²) in [6, 6.07) is 6.70. The standard InChI is InChI=1S/C12H16ClNS/c1-9-8-10(13)2-3-12(9)14-11-4-6-15-7-5-11/h2-3,8,11,14H,4-7H2,1H3. The number of nitrogens with one attached hydrogen (secondary N) is 1. The van der Waals surface area contributed by atoms with Crippen LogP contribution in [0.2, 0.25) is 5.02 Å². The SMILES string of the molecule is Cc1cc(Cl)ccc1NC1CCSCC1. The quantitative estimate of drug-likeness (QED) is 0.841. The number of halogens is 1. The molecule has 3 heteroatoms. The number of benzene rings is 1. The fourth-order valence-corrected chi connectivity index (χ4v) is 3.18. The Morgan fingerprint density at radius 2 is 2.07 bits per heavy atom. The number of thioether (sulfide) groups is 1. The molecule has 1 aliphatic rings. The van der Waals surface area contributed by atoms with Gasteiger partial charge in [-0.1, -0.05) is 11.6 Å². The molecule has 82 valence electrons. The van der Waals surface area contributed by atoms with Gasteiger partial charge in [0.15, 0.2) is 0 Å². The highest BCUT2D eigenvalue weighted by atomic mass is 35.5. The molecule has 15 heavy (non-hydrogen) atoms. The smallest absolute Gasteiger partial charge is 0.0410 e. The molecule has 1 aromatic rings. The molecule has 0 aliphatic carbocycles. The molecule has 1 aromatic carbocycles. The summed E-state index contributed by atoms with van der Waals surface area (Å²) in [5.74, 6) is 2.56. The molecule has 0 saturated carbocycles. The van der Waals surface area contributed by atoms with E-state index >= 15 is 0 Å². The van der Waals surface area contributed by atoms with Crippen LogP contribution in [0.15, 0.2) is 18.2 Å². The summed E-state index contributed by atoms with van der Waals surface area (Å²) >= 11 is 7.98. The Morgan fingerprint density at radius 1 is 1.33 bits per heavy atom. The van der Waals surface area contributed by atoms with Crippen LogP contribution in [0.5, 0.6) is 0 Å². The molecule has 0 aromatic heterocycles. The maximum atomic E-state index is 5.93. The van der Waals surface area contributed by atoms with Gasteiger partial charge in [-0.3, -0.25) is 0 Å². The van der Waals surface area contributed by atoms with Gasteiger partial charge in [-0.15, -0.1) is 0 Å². The molecule has 1 nitrogen and oxygen atoms in total. The Labute approximate surface area is 101 Å². The van der Waals surface area contributed by atoms with Crippen LogP contribution in [-0.2, 0) is 0 Å². The van der Waals surface area contributed by atoms with Crippen LogP contribution in [0.1, 0.15) is 18.4 Å². The third-order valence-corrected chi connectivity index (χ3v) is 4.05. The monoisotopic (exact) mass is 241 g/mol. The van der Waals surface area contributed by atoms with Crippen molar-refractivity contribution in [3.63, 3.8) is 0 Å². The van der Waals surface area contributed by atoms with Gasteiger partial charge in [0.1, 0.15) is 0 Å². The van der Waals surface area contributed by atoms with Gasteiger partial charge in [0, 0.05) is 16.8 Å². The van der Waals surface area contributed by atoms with Gasteiger partial charge in [-0.05, 0) is 55.0 Å². The second kappa shape index (κ2) is 5.13. The number of hydrogen-bond acceptors (Lipinski definition) is 2. The first-order valence-electron chi connectivity index (χ1n) is 5.36. The minimum Gasteiger partial charge on any atom is -0.382 e. The van der Waals surface area contributed by atoms with Gasteiger partial charge >= 0.3 is 0 Å². The molecule has 0 spiro atoms. The van der Waals surface area contributed by atoms with Crippen molar-refractivity contribution in [2.45, 2.75) is 25.8 Å². The number of rotatable bonds is 2. The van der Waals surface area contributed by atoms with E-state index in [0.717, 1.165) is 5.02 Å². The summed E-state index contributed by atoms with van der Waals surface area (Å²) in [6.45, 7) is 2.10. The van der Waals surface area contributed by atoms with E-state index in [1.54, 1.807) is 0 Å². The molecule has 0 unspecified atom stereocenters. The lowest BCUT2D eigenvalue weighted by molar-refractivity contribution is 0.666. The first kappa shape index (κ1) is 11.2. The molecular formula is C12H16ClNS. The minimum absolute atomic E-state index is 0.645. The van der Waals surface area contributed by atoms with Crippen LogP contribution in [0.3, 0.4) is 0 Å². The van der Waals surface area contributed by atoms with Crippen LogP contribution >= 0.6 is 23.4 Å². The second-order valence-corrected chi connectivity index (χ2v) is 5.65. The normalized spacial score (nSPS) is 17.7. The Morgan fingerprint density at radius 3 is 2.73 bits per heavy atom. The van der Waals surface area contributed by atoms with E-state index in [4.69, 9.17) is 11.6 Å². The molecule has 0 bridgehead atoms. The molecular weight excluding hydrogens is 226 g/mol. The molecule has 1 fully saturated rings. The summed E-state index contributed by atoms with van der Waals surface area (Å²) in [5.41, 5.74) is 2.47. The Hall–Kier alpha value is -0.340. The van der Waals surface area contributed by atoms with Crippen molar-refractivity contribution in [2.75, 3.05) is 16.8 Å². The zero-order valence-electron chi connectivity index (χ0n) is 8.92. The average molecular weight is 242 g/mol. The van der Waals surface area contributed by atoms with Crippen molar-refractivity contribution >= 4 is 29.1 Å². The van der Waals surface area contributed by atoms with Gasteiger partial charge in [-0.25, -0.2) is 0 Å². The van der Waals surface area contributed by atoms with Crippen LogP contribution < -0.4 is 5.32 Å². The first-order chi connectivity index (χ1) is 7.25. The molecule has 2 rings (SSSR count). The zero-order chi connectivity index (χ0) is 10.7. The van der Waals surface area contributed by atoms with Crippen molar-refractivity contribution in [2.24, 2.45) is 0 Å². The van der Waals surface area contributed by atoms with E-state index in [0.29, 0.717) is 6.04 Å². The number of hydrogen-bond donors (Lipinski definition) is 1. The number of aryl methyl sites for hydroxylation is 1. The highest BCUT2D eigenvalue weighted by Gasteiger charge is 2.13. The van der Waals surface area contributed by atoms with Gasteiger partial charge in [-0.2, -0.15) is 11.8 Å². The Balaban J connectivity index is 2.03. The Kier molecular flexibility index (Phi) is 3.81.